The molecule has 31 heavy (non-hydrogen) atoms. The molecular formula is C27H46O4. The number of aliphatic hydroxyl groups is 3. The summed E-state index contributed by atoms with van der Waals surface area (Å²) in [5, 5.41) is 30.4. The first-order chi connectivity index (χ1) is 14.1. The lowest BCUT2D eigenvalue weighted by molar-refractivity contribution is 0.0717. The Labute approximate surface area is 189 Å². The Morgan fingerprint density at radius 3 is 2.52 bits per heavy atom. The number of hydrogen-bond donors (Lipinski definition) is 3. The van der Waals surface area contributed by atoms with Crippen LogP contribution in [0.1, 0.15) is 85.5 Å². The summed E-state index contributed by atoms with van der Waals surface area (Å²) in [6.07, 6.45) is 12.4. The van der Waals surface area contributed by atoms with E-state index in [1.165, 1.54) is 25.7 Å². The molecule has 0 radical (unpaired) electrons. The molecule has 3 rings (SSSR count). The normalized spacial score (nSPS) is 38.3. The molecule has 3 aliphatic carbocycles. The molecule has 0 aliphatic heterocycles. The van der Waals surface area contributed by atoms with Crippen molar-refractivity contribution in [1.82, 2.24) is 0 Å². The minimum atomic E-state index is -0.618. The van der Waals surface area contributed by atoms with Crippen LogP contribution in [0, 0.1) is 29.1 Å². The van der Waals surface area contributed by atoms with Crippen LogP contribution >= 0.6 is 0 Å². The van der Waals surface area contributed by atoms with Gasteiger partial charge in [-0.25, -0.2) is 0 Å². The molecule has 0 amide bonds. The van der Waals surface area contributed by atoms with Crippen molar-refractivity contribution in [1.29, 1.82) is 0 Å². The maximum atomic E-state index is 10.3. The van der Waals surface area contributed by atoms with Gasteiger partial charge in [-0.15, -0.1) is 0 Å². The van der Waals surface area contributed by atoms with E-state index < -0.39 is 12.2 Å². The highest BCUT2D eigenvalue weighted by Gasteiger charge is 2.50. The van der Waals surface area contributed by atoms with E-state index in [1.807, 2.05) is 0 Å². The lowest BCUT2D eigenvalue weighted by Crippen LogP contribution is -2.36. The number of hydrogen-bond acceptors (Lipinski definition) is 3. The van der Waals surface area contributed by atoms with E-state index in [9.17, 15) is 15.3 Å². The van der Waals surface area contributed by atoms with E-state index in [0.717, 1.165) is 36.3 Å². The summed E-state index contributed by atoms with van der Waals surface area (Å²) in [6.45, 7) is 13.2. The summed E-state index contributed by atoms with van der Waals surface area (Å²) in [7, 11) is 0. The summed E-state index contributed by atoms with van der Waals surface area (Å²) in [5.74, 6) is 2.35. The van der Waals surface area contributed by atoms with Crippen molar-refractivity contribution in [3.63, 3.8) is 0 Å². The number of rotatable bonds is 6. The zero-order valence-electron chi connectivity index (χ0n) is 20.1. The zero-order chi connectivity index (χ0) is 22.1. The van der Waals surface area contributed by atoms with Gasteiger partial charge in [-0.05, 0) is 91.6 Å². The standard InChI is InChI=1S/C27H44O3.H2O/c1-17(2)25(29)13-8-18(3)23-11-12-24-20(7-6-14-27(23,24)5)9-10-21-15-22(28)16-26(30)19(21)4;/h9-10,17-18,22-26,28-30H,4,6-8,11-16H2,1-3,5H3;1H2/b20-9-,21-10-;. The Hall–Kier alpha value is -0.940. The number of fused-ring (bicyclic) bond motifs is 1. The van der Waals surface area contributed by atoms with Crippen molar-refractivity contribution < 1.29 is 20.8 Å². The molecule has 0 aromatic rings. The fraction of sp³-hybridized carbons (Fsp3) is 0.778. The predicted molar refractivity (Wildman–Crippen MR) is 128 cm³/mol. The molecule has 5 N–H and O–H groups in total. The first-order valence-corrected chi connectivity index (χ1v) is 12.3. The van der Waals surface area contributed by atoms with Crippen molar-refractivity contribution >= 4 is 0 Å². The monoisotopic (exact) mass is 434 g/mol. The van der Waals surface area contributed by atoms with Gasteiger partial charge in [-0.3, -0.25) is 0 Å². The SMILES string of the molecule is C=C1/C(=C\C=C2\CCCC3(C)C2CCC3C(C)CCC(O)C(C)C)CC(O)CC1O.O. The average molecular weight is 435 g/mol. The van der Waals surface area contributed by atoms with Gasteiger partial charge in [0.15, 0.2) is 0 Å². The Bertz CT molecular complexity index is 679. The third-order valence-corrected chi connectivity index (χ3v) is 8.68. The molecular weight excluding hydrogens is 388 g/mol. The fourth-order valence-corrected chi connectivity index (χ4v) is 6.65. The summed E-state index contributed by atoms with van der Waals surface area (Å²) in [6, 6.07) is 0. The highest BCUT2D eigenvalue weighted by atomic mass is 16.3. The third-order valence-electron chi connectivity index (χ3n) is 8.68. The molecule has 0 spiro atoms. The van der Waals surface area contributed by atoms with E-state index in [1.54, 1.807) is 5.57 Å². The lowest BCUT2D eigenvalue weighted by atomic mass is 9.60. The largest absolute Gasteiger partial charge is 0.412 e. The van der Waals surface area contributed by atoms with E-state index in [0.29, 0.717) is 36.0 Å². The highest BCUT2D eigenvalue weighted by molar-refractivity contribution is 5.38. The molecule has 0 heterocycles. The molecule has 3 aliphatic rings. The van der Waals surface area contributed by atoms with Crippen molar-refractivity contribution in [2.24, 2.45) is 29.1 Å². The van der Waals surface area contributed by atoms with Gasteiger partial charge in [0, 0.05) is 6.42 Å². The topological polar surface area (TPSA) is 92.2 Å². The third kappa shape index (κ3) is 5.71. The minimum absolute atomic E-state index is 0. The van der Waals surface area contributed by atoms with Crippen LogP contribution in [0.15, 0.2) is 35.5 Å². The summed E-state index contributed by atoms with van der Waals surface area (Å²) in [4.78, 5) is 0. The molecule has 0 bridgehead atoms. The van der Waals surface area contributed by atoms with Crippen molar-refractivity contribution in [3.8, 4) is 0 Å². The van der Waals surface area contributed by atoms with Gasteiger partial charge >= 0.3 is 0 Å². The van der Waals surface area contributed by atoms with E-state index in [-0.39, 0.29) is 11.6 Å². The highest BCUT2D eigenvalue weighted by Crippen LogP contribution is 2.60. The number of allylic oxidation sites excluding steroid dienone is 3. The smallest absolute Gasteiger partial charge is 0.0811 e. The second kappa shape index (κ2) is 10.8. The van der Waals surface area contributed by atoms with Crippen LogP contribution in [-0.2, 0) is 0 Å². The predicted octanol–water partition coefficient (Wildman–Crippen LogP) is 4.74. The van der Waals surface area contributed by atoms with Gasteiger partial charge in [0.05, 0.1) is 18.3 Å². The lowest BCUT2D eigenvalue weighted by Gasteiger charge is -2.44. The van der Waals surface area contributed by atoms with Crippen LogP contribution in [0.5, 0.6) is 0 Å². The molecule has 3 saturated carbocycles. The van der Waals surface area contributed by atoms with Gasteiger partial charge in [0.25, 0.3) is 0 Å². The van der Waals surface area contributed by atoms with E-state index in [4.69, 9.17) is 0 Å². The van der Waals surface area contributed by atoms with Crippen LogP contribution in [-0.4, -0.2) is 39.1 Å². The van der Waals surface area contributed by atoms with Gasteiger partial charge in [-0.2, -0.15) is 0 Å². The quantitative estimate of drug-likeness (QED) is 0.564. The molecule has 0 aromatic carbocycles. The minimum Gasteiger partial charge on any atom is -0.412 e. The van der Waals surface area contributed by atoms with Crippen molar-refractivity contribution in [2.45, 2.75) is 104 Å². The molecule has 4 heteroatoms. The maximum absolute atomic E-state index is 10.3. The first-order valence-electron chi connectivity index (χ1n) is 12.3. The molecule has 0 aromatic heterocycles. The van der Waals surface area contributed by atoms with Crippen LogP contribution in [0.25, 0.3) is 0 Å². The van der Waals surface area contributed by atoms with Gasteiger partial charge in [0.2, 0.25) is 0 Å². The second-order valence-electron chi connectivity index (χ2n) is 11.0. The van der Waals surface area contributed by atoms with Gasteiger partial charge < -0.3 is 20.8 Å². The zero-order valence-corrected chi connectivity index (χ0v) is 20.1. The van der Waals surface area contributed by atoms with Crippen molar-refractivity contribution in [3.05, 3.63) is 35.5 Å². The molecule has 7 atom stereocenters. The first kappa shape index (κ1) is 26.3. The Morgan fingerprint density at radius 1 is 1.13 bits per heavy atom. The Kier molecular flexibility index (Phi) is 9.15. The Morgan fingerprint density at radius 2 is 1.84 bits per heavy atom. The van der Waals surface area contributed by atoms with E-state index in [2.05, 4.69) is 46.4 Å². The fourth-order valence-electron chi connectivity index (χ4n) is 6.65. The van der Waals surface area contributed by atoms with Crippen LogP contribution in [0.2, 0.25) is 0 Å². The van der Waals surface area contributed by atoms with Crippen LogP contribution in [0.4, 0.5) is 0 Å². The van der Waals surface area contributed by atoms with Crippen molar-refractivity contribution in [2.75, 3.05) is 0 Å². The maximum Gasteiger partial charge on any atom is 0.0811 e. The molecule has 178 valence electrons. The molecule has 7 unspecified atom stereocenters. The van der Waals surface area contributed by atoms with Crippen LogP contribution < -0.4 is 0 Å². The summed E-state index contributed by atoms with van der Waals surface area (Å²) in [5.41, 5.74) is 3.69. The molecule has 0 saturated heterocycles. The molecule has 3 fully saturated rings. The summed E-state index contributed by atoms with van der Waals surface area (Å²) < 4.78 is 0. The average Bonchev–Trinajstić information content (AvgIpc) is 3.04. The van der Waals surface area contributed by atoms with E-state index >= 15 is 0 Å². The summed E-state index contributed by atoms with van der Waals surface area (Å²) >= 11 is 0. The van der Waals surface area contributed by atoms with Gasteiger partial charge in [0.1, 0.15) is 0 Å². The number of aliphatic hydroxyl groups excluding tert-OH is 3. The van der Waals surface area contributed by atoms with Crippen LogP contribution in [0.3, 0.4) is 0 Å². The Balaban J connectivity index is 0.00000341. The van der Waals surface area contributed by atoms with Gasteiger partial charge in [-0.1, -0.05) is 52.0 Å². The molecule has 4 nitrogen and oxygen atoms in total. The second-order valence-corrected chi connectivity index (χ2v) is 11.0.